The molecular formula is C19H11ClN4O2S. The van der Waals surface area contributed by atoms with Gasteiger partial charge in [0, 0.05) is 17.4 Å². The van der Waals surface area contributed by atoms with Gasteiger partial charge in [0.1, 0.15) is 5.57 Å². The first kappa shape index (κ1) is 17.3. The quantitative estimate of drug-likeness (QED) is 0.410. The minimum atomic E-state index is -0.547. The smallest absolute Gasteiger partial charge is 0.270 e. The molecule has 2 amide bonds. The normalized spacial score (nSPS) is 16.1. The zero-order valence-electron chi connectivity index (χ0n) is 13.7. The Labute approximate surface area is 164 Å². The van der Waals surface area contributed by atoms with Crippen LogP contribution < -0.4 is 10.2 Å². The highest BCUT2D eigenvalue weighted by Crippen LogP contribution is 2.24. The van der Waals surface area contributed by atoms with E-state index in [-0.39, 0.29) is 10.7 Å². The minimum absolute atomic E-state index is 0.0221. The average molecular weight is 395 g/mol. The molecule has 1 N–H and O–H groups in total. The molecule has 1 saturated heterocycles. The Morgan fingerprint density at radius 2 is 1.70 bits per heavy atom. The van der Waals surface area contributed by atoms with Crippen LogP contribution in [-0.2, 0) is 9.59 Å². The molecule has 1 aliphatic heterocycles. The second-order valence-corrected chi connectivity index (χ2v) is 6.56. The van der Waals surface area contributed by atoms with Crippen LogP contribution in [-0.4, -0.2) is 26.9 Å². The highest BCUT2D eigenvalue weighted by atomic mass is 35.5. The van der Waals surface area contributed by atoms with Gasteiger partial charge in [0.25, 0.3) is 11.8 Å². The van der Waals surface area contributed by atoms with Crippen molar-refractivity contribution in [1.29, 1.82) is 0 Å². The molecular weight excluding hydrogens is 384 g/mol. The SMILES string of the molecule is O=C1NC(=S)N(c2ccc(Cl)cc2)C(=O)C1=Cc1ccc2nccnc2c1. The number of nitrogens with one attached hydrogen (secondary N) is 1. The summed E-state index contributed by atoms with van der Waals surface area (Å²) in [6.45, 7) is 0. The summed E-state index contributed by atoms with van der Waals surface area (Å²) < 4.78 is 0. The lowest BCUT2D eigenvalue weighted by molar-refractivity contribution is -0.122. The van der Waals surface area contributed by atoms with E-state index in [9.17, 15) is 9.59 Å². The first-order valence-corrected chi connectivity index (χ1v) is 8.69. The maximum absolute atomic E-state index is 12.9. The fourth-order valence-corrected chi connectivity index (χ4v) is 3.13. The predicted molar refractivity (Wildman–Crippen MR) is 107 cm³/mol. The highest BCUT2D eigenvalue weighted by Gasteiger charge is 2.34. The number of halogens is 1. The lowest BCUT2D eigenvalue weighted by Crippen LogP contribution is -2.54. The van der Waals surface area contributed by atoms with E-state index in [4.69, 9.17) is 23.8 Å². The van der Waals surface area contributed by atoms with E-state index >= 15 is 0 Å². The van der Waals surface area contributed by atoms with Gasteiger partial charge in [0.2, 0.25) is 0 Å². The number of thiocarbonyl (C=S) groups is 1. The molecule has 0 atom stereocenters. The molecule has 3 aromatic rings. The summed E-state index contributed by atoms with van der Waals surface area (Å²) in [5.74, 6) is -1.06. The molecule has 0 saturated carbocycles. The Hall–Kier alpha value is -3.16. The summed E-state index contributed by atoms with van der Waals surface area (Å²) in [6, 6.07) is 11.9. The third-order valence-corrected chi connectivity index (χ3v) is 4.53. The summed E-state index contributed by atoms with van der Waals surface area (Å²) in [6.07, 6.45) is 4.69. The van der Waals surface area contributed by atoms with Gasteiger partial charge >= 0.3 is 0 Å². The standard InChI is InChI=1S/C19H11ClN4O2S/c20-12-2-4-13(5-3-12)24-18(26)14(17(25)23-19(24)27)9-11-1-6-15-16(10-11)22-8-7-21-15/h1-10H,(H,23,25,27). The monoisotopic (exact) mass is 394 g/mol. The molecule has 0 spiro atoms. The number of amides is 2. The molecule has 1 aromatic heterocycles. The van der Waals surface area contributed by atoms with Crippen LogP contribution in [0.4, 0.5) is 5.69 Å². The van der Waals surface area contributed by atoms with Crippen LogP contribution in [0.25, 0.3) is 17.1 Å². The van der Waals surface area contributed by atoms with E-state index in [1.54, 1.807) is 54.9 Å². The molecule has 2 aromatic carbocycles. The molecule has 1 fully saturated rings. The molecule has 2 heterocycles. The Bertz CT molecular complexity index is 1130. The van der Waals surface area contributed by atoms with Crippen LogP contribution in [0.3, 0.4) is 0 Å². The van der Waals surface area contributed by atoms with Gasteiger partial charge < -0.3 is 0 Å². The van der Waals surface area contributed by atoms with Crippen molar-refractivity contribution < 1.29 is 9.59 Å². The zero-order chi connectivity index (χ0) is 19.0. The largest absolute Gasteiger partial charge is 0.298 e. The van der Waals surface area contributed by atoms with Gasteiger partial charge in [0.15, 0.2) is 5.11 Å². The Morgan fingerprint density at radius 3 is 2.44 bits per heavy atom. The summed E-state index contributed by atoms with van der Waals surface area (Å²) in [5.41, 5.74) is 2.54. The number of hydrogen-bond donors (Lipinski definition) is 1. The Balaban J connectivity index is 1.74. The lowest BCUT2D eigenvalue weighted by atomic mass is 10.1. The summed E-state index contributed by atoms with van der Waals surface area (Å²) >= 11 is 11.1. The van der Waals surface area contributed by atoms with E-state index in [0.717, 1.165) is 5.52 Å². The summed E-state index contributed by atoms with van der Waals surface area (Å²) in [5, 5.41) is 3.10. The number of carbonyl (C=O) groups excluding carboxylic acids is 2. The van der Waals surface area contributed by atoms with E-state index in [1.165, 1.54) is 11.0 Å². The molecule has 27 heavy (non-hydrogen) atoms. The summed E-state index contributed by atoms with van der Waals surface area (Å²) in [4.78, 5) is 35.0. The van der Waals surface area contributed by atoms with Crippen LogP contribution in [0, 0.1) is 0 Å². The first-order chi connectivity index (χ1) is 13.0. The van der Waals surface area contributed by atoms with Crippen LogP contribution in [0.5, 0.6) is 0 Å². The van der Waals surface area contributed by atoms with Gasteiger partial charge in [-0.25, -0.2) is 0 Å². The lowest BCUT2D eigenvalue weighted by Gasteiger charge is -2.28. The number of nitrogens with zero attached hydrogens (tertiary/aromatic N) is 3. The molecule has 1 aliphatic rings. The number of anilines is 1. The van der Waals surface area contributed by atoms with Gasteiger partial charge in [0.05, 0.1) is 16.7 Å². The third-order valence-electron chi connectivity index (χ3n) is 3.99. The fourth-order valence-electron chi connectivity index (χ4n) is 2.72. The third kappa shape index (κ3) is 3.30. The number of hydrogen-bond acceptors (Lipinski definition) is 5. The van der Waals surface area contributed by atoms with E-state index < -0.39 is 11.8 Å². The Kier molecular flexibility index (Phi) is 4.39. The molecule has 132 valence electrons. The van der Waals surface area contributed by atoms with Crippen LogP contribution >= 0.6 is 23.8 Å². The number of fused-ring (bicyclic) bond motifs is 1. The first-order valence-electron chi connectivity index (χ1n) is 7.91. The van der Waals surface area contributed by atoms with E-state index in [1.807, 2.05) is 0 Å². The molecule has 0 aliphatic carbocycles. The van der Waals surface area contributed by atoms with Gasteiger partial charge in [-0.2, -0.15) is 0 Å². The van der Waals surface area contributed by atoms with Crippen molar-refractivity contribution >= 4 is 63.5 Å². The minimum Gasteiger partial charge on any atom is -0.298 e. The van der Waals surface area contributed by atoms with Crippen LogP contribution in [0.2, 0.25) is 5.02 Å². The maximum atomic E-state index is 12.9. The van der Waals surface area contributed by atoms with Crippen molar-refractivity contribution in [1.82, 2.24) is 15.3 Å². The molecule has 0 radical (unpaired) electrons. The number of benzene rings is 2. The van der Waals surface area contributed by atoms with Crippen molar-refractivity contribution in [3.63, 3.8) is 0 Å². The van der Waals surface area contributed by atoms with Crippen molar-refractivity contribution in [3.05, 3.63) is 71.0 Å². The van der Waals surface area contributed by atoms with Gasteiger partial charge in [-0.15, -0.1) is 0 Å². The summed E-state index contributed by atoms with van der Waals surface area (Å²) in [7, 11) is 0. The molecule has 4 rings (SSSR count). The van der Waals surface area contributed by atoms with Crippen LogP contribution in [0.1, 0.15) is 5.56 Å². The maximum Gasteiger partial charge on any atom is 0.270 e. The molecule has 0 unspecified atom stereocenters. The Morgan fingerprint density at radius 1 is 1.00 bits per heavy atom. The van der Waals surface area contributed by atoms with E-state index in [0.29, 0.717) is 21.8 Å². The number of carbonyl (C=O) groups is 2. The van der Waals surface area contributed by atoms with Crippen molar-refractivity contribution in [2.45, 2.75) is 0 Å². The topological polar surface area (TPSA) is 75.2 Å². The van der Waals surface area contributed by atoms with Crippen molar-refractivity contribution in [3.8, 4) is 0 Å². The number of rotatable bonds is 2. The van der Waals surface area contributed by atoms with Crippen molar-refractivity contribution in [2.24, 2.45) is 0 Å². The second kappa shape index (κ2) is 6.86. The van der Waals surface area contributed by atoms with Crippen LogP contribution in [0.15, 0.2) is 60.4 Å². The average Bonchev–Trinajstić information content (AvgIpc) is 2.66. The number of aromatic nitrogens is 2. The van der Waals surface area contributed by atoms with Crippen molar-refractivity contribution in [2.75, 3.05) is 4.90 Å². The highest BCUT2D eigenvalue weighted by molar-refractivity contribution is 7.80. The fraction of sp³-hybridized carbons (Fsp3) is 0. The zero-order valence-corrected chi connectivity index (χ0v) is 15.3. The molecule has 8 heteroatoms. The molecule has 6 nitrogen and oxygen atoms in total. The van der Waals surface area contributed by atoms with E-state index in [2.05, 4.69) is 15.3 Å². The van der Waals surface area contributed by atoms with Gasteiger partial charge in [-0.1, -0.05) is 17.7 Å². The predicted octanol–water partition coefficient (Wildman–Crippen LogP) is 3.11. The second-order valence-electron chi connectivity index (χ2n) is 5.74. The molecule has 0 bridgehead atoms. The van der Waals surface area contributed by atoms with Gasteiger partial charge in [-0.3, -0.25) is 29.8 Å². The van der Waals surface area contributed by atoms with Gasteiger partial charge in [-0.05, 0) is 60.3 Å².